The first-order chi connectivity index (χ1) is 10.1. The number of hydrogen-bond donors (Lipinski definition) is 3. The summed E-state index contributed by atoms with van der Waals surface area (Å²) in [5.41, 5.74) is 5.70. The van der Waals surface area contributed by atoms with Crippen molar-refractivity contribution in [3.63, 3.8) is 0 Å². The van der Waals surface area contributed by atoms with Gasteiger partial charge in [0.15, 0.2) is 0 Å². The molecular formula is C13H13ClN4O3. The summed E-state index contributed by atoms with van der Waals surface area (Å²) in [7, 11) is 0. The predicted molar refractivity (Wildman–Crippen MR) is 77.1 cm³/mol. The average molecular weight is 309 g/mol. The van der Waals surface area contributed by atoms with Crippen LogP contribution in [-0.2, 0) is 9.53 Å². The molecule has 0 aliphatic carbocycles. The fourth-order valence-corrected chi connectivity index (χ4v) is 1.33. The molecule has 21 heavy (non-hydrogen) atoms. The molecule has 0 unspecified atom stereocenters. The number of hydrogen-bond acceptors (Lipinski definition) is 6. The van der Waals surface area contributed by atoms with Gasteiger partial charge in [0.2, 0.25) is 0 Å². The molecule has 0 bridgehead atoms. The fraction of sp³-hybridized carbons (Fsp3) is 0.154. The molecular weight excluding hydrogens is 296 g/mol. The lowest BCUT2D eigenvalue weighted by Gasteiger charge is -2.06. The summed E-state index contributed by atoms with van der Waals surface area (Å²) in [6, 6.07) is 8.42. The van der Waals surface area contributed by atoms with Crippen LogP contribution in [0, 0.1) is 11.3 Å². The number of halogens is 1. The van der Waals surface area contributed by atoms with Crippen molar-refractivity contribution >= 4 is 29.3 Å². The van der Waals surface area contributed by atoms with Gasteiger partial charge >= 0.3 is 6.09 Å². The molecule has 0 aliphatic heterocycles. The molecule has 1 aromatic carbocycles. The Hall–Kier alpha value is -2.72. The second kappa shape index (κ2) is 8.45. The first kappa shape index (κ1) is 16.3. The van der Waals surface area contributed by atoms with Gasteiger partial charge in [-0.05, 0) is 31.2 Å². The van der Waals surface area contributed by atoms with E-state index < -0.39 is 12.0 Å². The zero-order valence-electron chi connectivity index (χ0n) is 11.1. The van der Waals surface area contributed by atoms with Crippen molar-refractivity contribution < 1.29 is 14.3 Å². The highest BCUT2D eigenvalue weighted by atomic mass is 35.5. The largest absolute Gasteiger partial charge is 0.450 e. The molecule has 0 saturated heterocycles. The van der Waals surface area contributed by atoms with E-state index >= 15 is 0 Å². The van der Waals surface area contributed by atoms with Gasteiger partial charge < -0.3 is 15.6 Å². The normalized spacial score (nSPS) is 10.2. The molecule has 0 heterocycles. The van der Waals surface area contributed by atoms with E-state index in [9.17, 15) is 9.59 Å². The SMILES string of the molecule is CCOC(=O)NC(=O)C(C#N)=CNNc1ccc(Cl)cc1. The lowest BCUT2D eigenvalue weighted by Crippen LogP contribution is -2.32. The molecule has 1 rings (SSSR count). The molecule has 1 aromatic rings. The van der Waals surface area contributed by atoms with Crippen molar-refractivity contribution in [3.05, 3.63) is 41.1 Å². The number of carbonyl (C=O) groups is 2. The van der Waals surface area contributed by atoms with Crippen LogP contribution in [0.4, 0.5) is 10.5 Å². The molecule has 2 amide bonds. The van der Waals surface area contributed by atoms with E-state index in [1.165, 1.54) is 0 Å². The molecule has 110 valence electrons. The minimum atomic E-state index is -0.908. The number of benzene rings is 1. The first-order valence-corrected chi connectivity index (χ1v) is 6.30. The quantitative estimate of drug-likeness (QED) is 0.436. The van der Waals surface area contributed by atoms with E-state index in [1.54, 1.807) is 37.3 Å². The number of ether oxygens (including phenoxy) is 1. The number of carbonyl (C=O) groups excluding carboxylic acids is 2. The molecule has 8 heteroatoms. The summed E-state index contributed by atoms with van der Waals surface area (Å²) in [5, 5.41) is 11.4. The third-order valence-corrected chi connectivity index (χ3v) is 2.39. The van der Waals surface area contributed by atoms with Gasteiger partial charge in [0.1, 0.15) is 11.6 Å². The Morgan fingerprint density at radius 1 is 1.38 bits per heavy atom. The topological polar surface area (TPSA) is 103 Å². The minimum absolute atomic E-state index is 0.126. The maximum atomic E-state index is 11.6. The molecule has 0 aliphatic rings. The van der Waals surface area contributed by atoms with E-state index in [0.29, 0.717) is 10.7 Å². The monoisotopic (exact) mass is 308 g/mol. The zero-order valence-corrected chi connectivity index (χ0v) is 11.9. The van der Waals surface area contributed by atoms with E-state index in [1.807, 2.05) is 5.32 Å². The summed E-state index contributed by atoms with van der Waals surface area (Å²) in [6.45, 7) is 1.73. The minimum Gasteiger partial charge on any atom is -0.450 e. The summed E-state index contributed by atoms with van der Waals surface area (Å²) in [6.07, 6.45) is 0.220. The standard InChI is InChI=1S/C13H13ClN4O3/c1-2-21-13(20)17-12(19)9(7-15)8-16-18-11-5-3-10(14)4-6-11/h3-6,8,16,18H,2H2,1H3,(H,17,19,20). The van der Waals surface area contributed by atoms with Gasteiger partial charge in [-0.15, -0.1) is 0 Å². The highest BCUT2D eigenvalue weighted by Gasteiger charge is 2.13. The van der Waals surface area contributed by atoms with Crippen molar-refractivity contribution in [1.82, 2.24) is 10.7 Å². The molecule has 7 nitrogen and oxygen atoms in total. The van der Waals surface area contributed by atoms with Crippen LogP contribution in [0.1, 0.15) is 6.92 Å². The van der Waals surface area contributed by atoms with Gasteiger partial charge in [-0.1, -0.05) is 11.6 Å². The van der Waals surface area contributed by atoms with Crippen molar-refractivity contribution in [2.45, 2.75) is 6.92 Å². The van der Waals surface area contributed by atoms with Crippen LogP contribution in [0.3, 0.4) is 0 Å². The van der Waals surface area contributed by atoms with Gasteiger partial charge in [0.25, 0.3) is 5.91 Å². The summed E-state index contributed by atoms with van der Waals surface area (Å²) < 4.78 is 4.54. The number of rotatable bonds is 5. The number of nitriles is 1. The maximum Gasteiger partial charge on any atom is 0.414 e. The third kappa shape index (κ3) is 5.84. The highest BCUT2D eigenvalue weighted by molar-refractivity contribution is 6.30. The molecule has 0 atom stereocenters. The molecule has 0 fully saturated rings. The first-order valence-electron chi connectivity index (χ1n) is 5.92. The lowest BCUT2D eigenvalue weighted by molar-refractivity contribution is -0.116. The van der Waals surface area contributed by atoms with Crippen LogP contribution >= 0.6 is 11.6 Å². The summed E-state index contributed by atoms with van der Waals surface area (Å²) in [5.74, 6) is -0.860. The van der Waals surface area contributed by atoms with Crippen molar-refractivity contribution in [2.75, 3.05) is 12.0 Å². The van der Waals surface area contributed by atoms with Crippen LogP contribution in [0.2, 0.25) is 5.02 Å². The fourth-order valence-electron chi connectivity index (χ4n) is 1.20. The van der Waals surface area contributed by atoms with Gasteiger partial charge in [-0.3, -0.25) is 10.1 Å². The maximum absolute atomic E-state index is 11.6. The Labute approximate surface area is 126 Å². The zero-order chi connectivity index (χ0) is 15.7. The van der Waals surface area contributed by atoms with Crippen LogP contribution in [0.5, 0.6) is 0 Å². The van der Waals surface area contributed by atoms with E-state index in [2.05, 4.69) is 15.6 Å². The van der Waals surface area contributed by atoms with Crippen LogP contribution < -0.4 is 16.2 Å². The predicted octanol–water partition coefficient (Wildman–Crippen LogP) is 1.94. The summed E-state index contributed by atoms with van der Waals surface area (Å²) in [4.78, 5) is 22.6. The Morgan fingerprint density at radius 3 is 2.62 bits per heavy atom. The molecule has 0 aromatic heterocycles. The van der Waals surface area contributed by atoms with Crippen molar-refractivity contribution in [1.29, 1.82) is 5.26 Å². The molecule has 0 saturated carbocycles. The van der Waals surface area contributed by atoms with Crippen molar-refractivity contribution in [3.8, 4) is 6.07 Å². The second-order valence-electron chi connectivity index (χ2n) is 3.62. The number of nitrogens with zero attached hydrogens (tertiary/aromatic N) is 1. The average Bonchev–Trinajstić information content (AvgIpc) is 2.45. The number of anilines is 1. The number of hydrazine groups is 1. The highest BCUT2D eigenvalue weighted by Crippen LogP contribution is 2.12. The van der Waals surface area contributed by atoms with Gasteiger partial charge in [-0.2, -0.15) is 5.26 Å². The number of alkyl carbamates (subject to hydrolysis) is 1. The number of amides is 2. The van der Waals surface area contributed by atoms with Gasteiger partial charge in [0, 0.05) is 11.2 Å². The van der Waals surface area contributed by atoms with Crippen LogP contribution in [-0.4, -0.2) is 18.6 Å². The van der Waals surface area contributed by atoms with E-state index in [0.717, 1.165) is 6.20 Å². The van der Waals surface area contributed by atoms with Gasteiger partial charge in [-0.25, -0.2) is 4.79 Å². The Bertz CT molecular complexity index is 578. The van der Waals surface area contributed by atoms with Crippen LogP contribution in [0.25, 0.3) is 0 Å². The van der Waals surface area contributed by atoms with Gasteiger partial charge in [0.05, 0.1) is 12.3 Å². The Balaban J connectivity index is 2.55. The summed E-state index contributed by atoms with van der Waals surface area (Å²) >= 11 is 5.73. The van der Waals surface area contributed by atoms with Crippen molar-refractivity contribution in [2.24, 2.45) is 0 Å². The molecule has 3 N–H and O–H groups in total. The number of nitrogens with one attached hydrogen (secondary N) is 3. The Morgan fingerprint density at radius 2 is 2.05 bits per heavy atom. The number of imide groups is 1. The second-order valence-corrected chi connectivity index (χ2v) is 4.06. The van der Waals surface area contributed by atoms with E-state index in [-0.39, 0.29) is 12.2 Å². The lowest BCUT2D eigenvalue weighted by atomic mass is 10.3. The molecule has 0 spiro atoms. The van der Waals surface area contributed by atoms with E-state index in [4.69, 9.17) is 16.9 Å². The van der Waals surface area contributed by atoms with Crippen LogP contribution in [0.15, 0.2) is 36.0 Å². The smallest absolute Gasteiger partial charge is 0.414 e. The Kier molecular flexibility index (Phi) is 6.57. The third-order valence-electron chi connectivity index (χ3n) is 2.13. The molecule has 0 radical (unpaired) electrons.